The van der Waals surface area contributed by atoms with Crippen molar-refractivity contribution < 1.29 is 0 Å². The highest BCUT2D eigenvalue weighted by atomic mass is 15.4. The van der Waals surface area contributed by atoms with Gasteiger partial charge in [-0.3, -0.25) is 0 Å². The van der Waals surface area contributed by atoms with Crippen LogP contribution in [0.2, 0.25) is 0 Å². The van der Waals surface area contributed by atoms with Gasteiger partial charge in [0, 0.05) is 45.1 Å². The van der Waals surface area contributed by atoms with Gasteiger partial charge in [-0.25, -0.2) is 9.67 Å². The molecule has 5 heteroatoms. The summed E-state index contributed by atoms with van der Waals surface area (Å²) in [6.45, 7) is 6.60. The number of hydrogen-bond acceptors (Lipinski definition) is 4. The van der Waals surface area contributed by atoms with Crippen molar-refractivity contribution in [1.29, 1.82) is 0 Å². The van der Waals surface area contributed by atoms with Gasteiger partial charge in [0.05, 0.1) is 0 Å². The third-order valence-corrected chi connectivity index (χ3v) is 5.39. The lowest BCUT2D eigenvalue weighted by molar-refractivity contribution is 0.112. The molecule has 1 aromatic heterocycles. The molecule has 142 valence electrons. The van der Waals surface area contributed by atoms with Crippen LogP contribution in [0.1, 0.15) is 37.0 Å². The Kier molecular flexibility index (Phi) is 6.80. The van der Waals surface area contributed by atoms with Crippen LogP contribution >= 0.6 is 0 Å². The maximum absolute atomic E-state index is 4.94. The molecule has 0 radical (unpaired) electrons. The maximum atomic E-state index is 4.94. The highest BCUT2D eigenvalue weighted by molar-refractivity contribution is 5.15. The first kappa shape index (κ1) is 19.1. The van der Waals surface area contributed by atoms with E-state index in [9.17, 15) is 0 Å². The van der Waals surface area contributed by atoms with Crippen molar-refractivity contribution in [3.8, 4) is 0 Å². The molecule has 1 aromatic carbocycles. The summed E-state index contributed by atoms with van der Waals surface area (Å²) in [5, 5.41) is 4.85. The Morgan fingerprint density at radius 3 is 2.65 bits per heavy atom. The number of aromatic nitrogens is 3. The van der Waals surface area contributed by atoms with Gasteiger partial charge in [0.1, 0.15) is 5.82 Å². The van der Waals surface area contributed by atoms with Crippen LogP contribution in [-0.4, -0.2) is 64.3 Å². The number of piperazine rings is 1. The Morgan fingerprint density at radius 2 is 1.88 bits per heavy atom. The molecular formula is C21H33N5. The first-order valence-electron chi connectivity index (χ1n) is 10.0. The van der Waals surface area contributed by atoms with Crippen LogP contribution in [0.5, 0.6) is 0 Å². The van der Waals surface area contributed by atoms with Gasteiger partial charge in [-0.05, 0) is 32.5 Å². The Morgan fingerprint density at radius 1 is 1.08 bits per heavy atom. The van der Waals surface area contributed by atoms with Crippen LogP contribution in [0.4, 0.5) is 0 Å². The Labute approximate surface area is 158 Å². The minimum absolute atomic E-state index is 0.528. The summed E-state index contributed by atoms with van der Waals surface area (Å²) < 4.78 is 2.17. The second-order valence-corrected chi connectivity index (χ2v) is 7.61. The van der Waals surface area contributed by atoms with E-state index in [1.54, 1.807) is 0 Å². The molecule has 1 saturated heterocycles. The number of aryl methyl sites for hydroxylation is 3. The molecule has 0 saturated carbocycles. The second-order valence-electron chi connectivity index (χ2n) is 7.61. The lowest BCUT2D eigenvalue weighted by Crippen LogP contribution is -2.51. The van der Waals surface area contributed by atoms with Crippen molar-refractivity contribution in [3.63, 3.8) is 0 Å². The highest BCUT2D eigenvalue weighted by Gasteiger charge is 2.24. The minimum Gasteiger partial charge on any atom is -0.304 e. The van der Waals surface area contributed by atoms with E-state index in [4.69, 9.17) is 10.1 Å². The molecule has 0 bridgehead atoms. The first-order valence-corrected chi connectivity index (χ1v) is 10.0. The summed E-state index contributed by atoms with van der Waals surface area (Å²) in [6.07, 6.45) is 5.25. The van der Waals surface area contributed by atoms with Crippen molar-refractivity contribution in [2.75, 3.05) is 33.7 Å². The largest absolute Gasteiger partial charge is 0.304 e. The van der Waals surface area contributed by atoms with Gasteiger partial charge < -0.3 is 9.80 Å². The molecule has 0 aliphatic carbocycles. The Balaban J connectivity index is 1.69. The number of unbranched alkanes of at least 4 members (excludes halogenated alkanes) is 1. The topological polar surface area (TPSA) is 37.2 Å². The van der Waals surface area contributed by atoms with Crippen molar-refractivity contribution in [1.82, 2.24) is 24.6 Å². The zero-order chi connectivity index (χ0) is 18.4. The van der Waals surface area contributed by atoms with E-state index in [-0.39, 0.29) is 0 Å². The summed E-state index contributed by atoms with van der Waals surface area (Å²) in [5.74, 6) is 2.15. The average molecular weight is 356 g/mol. The molecule has 1 atom stereocenters. The van der Waals surface area contributed by atoms with Crippen molar-refractivity contribution in [3.05, 3.63) is 47.5 Å². The summed E-state index contributed by atoms with van der Waals surface area (Å²) in [7, 11) is 4.45. The lowest BCUT2D eigenvalue weighted by atomic mass is 10.1. The summed E-state index contributed by atoms with van der Waals surface area (Å²) in [6, 6.07) is 11.2. The zero-order valence-corrected chi connectivity index (χ0v) is 16.6. The number of hydrogen-bond donors (Lipinski definition) is 0. The standard InChI is InChI=1S/C21H33N5/c1-4-5-13-26-21(16-19-17-24(2)14-15-25(19)3)22-20(23-26)12-11-18-9-7-6-8-10-18/h6-10,19H,4-5,11-17H2,1-3H3. The molecule has 2 heterocycles. The van der Waals surface area contributed by atoms with E-state index in [1.165, 1.54) is 12.0 Å². The molecule has 3 rings (SSSR count). The predicted molar refractivity (Wildman–Crippen MR) is 106 cm³/mol. The second kappa shape index (κ2) is 9.28. The first-order chi connectivity index (χ1) is 12.7. The van der Waals surface area contributed by atoms with Crippen LogP contribution in [0.3, 0.4) is 0 Å². The van der Waals surface area contributed by atoms with Crippen LogP contribution in [0.25, 0.3) is 0 Å². The fraction of sp³-hybridized carbons (Fsp3) is 0.619. The van der Waals surface area contributed by atoms with E-state index in [1.807, 2.05) is 0 Å². The molecule has 0 N–H and O–H groups in total. The summed E-state index contributed by atoms with van der Waals surface area (Å²) in [5.41, 5.74) is 1.35. The van der Waals surface area contributed by atoms with Crippen LogP contribution in [0.15, 0.2) is 30.3 Å². The molecule has 2 aromatic rings. The van der Waals surface area contributed by atoms with Crippen molar-refractivity contribution in [2.45, 2.75) is 51.6 Å². The fourth-order valence-electron chi connectivity index (χ4n) is 3.60. The molecule has 26 heavy (non-hydrogen) atoms. The van der Waals surface area contributed by atoms with Gasteiger partial charge in [0.2, 0.25) is 0 Å². The fourth-order valence-corrected chi connectivity index (χ4v) is 3.60. The third kappa shape index (κ3) is 5.15. The number of rotatable bonds is 8. The smallest absolute Gasteiger partial charge is 0.151 e. The van der Waals surface area contributed by atoms with E-state index >= 15 is 0 Å². The number of benzene rings is 1. The number of nitrogens with zero attached hydrogens (tertiary/aromatic N) is 5. The van der Waals surface area contributed by atoms with Gasteiger partial charge >= 0.3 is 0 Å². The molecule has 0 amide bonds. The number of likely N-dealkylation sites (N-methyl/N-ethyl adjacent to an activating group) is 2. The Hall–Kier alpha value is -1.72. The van der Waals surface area contributed by atoms with E-state index in [2.05, 4.69) is 65.8 Å². The van der Waals surface area contributed by atoms with Gasteiger partial charge in [0.15, 0.2) is 5.82 Å². The molecule has 1 aliphatic heterocycles. The van der Waals surface area contributed by atoms with E-state index in [0.717, 1.165) is 63.5 Å². The van der Waals surface area contributed by atoms with Gasteiger partial charge in [-0.15, -0.1) is 0 Å². The SMILES string of the molecule is CCCCn1nc(CCc2ccccc2)nc1CC1CN(C)CCN1C. The van der Waals surface area contributed by atoms with E-state index < -0.39 is 0 Å². The van der Waals surface area contributed by atoms with Crippen molar-refractivity contribution >= 4 is 0 Å². The van der Waals surface area contributed by atoms with Crippen LogP contribution < -0.4 is 0 Å². The minimum atomic E-state index is 0.528. The van der Waals surface area contributed by atoms with Gasteiger partial charge in [0.25, 0.3) is 0 Å². The average Bonchev–Trinajstić information content (AvgIpc) is 3.04. The van der Waals surface area contributed by atoms with Gasteiger partial charge in [-0.1, -0.05) is 43.7 Å². The quantitative estimate of drug-likeness (QED) is 0.729. The van der Waals surface area contributed by atoms with Gasteiger partial charge in [-0.2, -0.15) is 5.10 Å². The molecule has 0 spiro atoms. The lowest BCUT2D eigenvalue weighted by Gasteiger charge is -2.37. The molecule has 1 aliphatic rings. The highest BCUT2D eigenvalue weighted by Crippen LogP contribution is 2.14. The zero-order valence-electron chi connectivity index (χ0n) is 16.6. The molecule has 1 fully saturated rings. The monoisotopic (exact) mass is 355 g/mol. The van der Waals surface area contributed by atoms with Crippen LogP contribution in [-0.2, 0) is 25.8 Å². The van der Waals surface area contributed by atoms with E-state index in [0.29, 0.717) is 6.04 Å². The molecule has 1 unspecified atom stereocenters. The summed E-state index contributed by atoms with van der Waals surface area (Å²) >= 11 is 0. The summed E-state index contributed by atoms with van der Waals surface area (Å²) in [4.78, 5) is 9.84. The molecule has 5 nitrogen and oxygen atoms in total. The normalized spacial score (nSPS) is 19.1. The predicted octanol–water partition coefficient (Wildman–Crippen LogP) is 2.65. The molecular weight excluding hydrogens is 322 g/mol. The third-order valence-electron chi connectivity index (χ3n) is 5.39. The van der Waals surface area contributed by atoms with Crippen molar-refractivity contribution in [2.24, 2.45) is 0 Å². The Bertz CT molecular complexity index is 666. The van der Waals surface area contributed by atoms with Crippen LogP contribution in [0, 0.1) is 0 Å². The maximum Gasteiger partial charge on any atom is 0.151 e.